The number of rotatable bonds is 3. The van der Waals surface area contributed by atoms with Gasteiger partial charge in [0, 0.05) is 44.6 Å². The maximum absolute atomic E-state index is 4.26. The Kier molecular flexibility index (Phi) is 3.91. The van der Waals surface area contributed by atoms with E-state index in [1.54, 1.807) is 0 Å². The van der Waals surface area contributed by atoms with Crippen LogP contribution in [0.25, 0.3) is 0 Å². The van der Waals surface area contributed by atoms with Crippen molar-refractivity contribution in [3.8, 4) is 0 Å². The highest BCUT2D eigenvalue weighted by molar-refractivity contribution is 5.16. The van der Waals surface area contributed by atoms with E-state index < -0.39 is 0 Å². The fourth-order valence-corrected chi connectivity index (χ4v) is 2.35. The molecule has 1 aromatic heterocycles. The van der Waals surface area contributed by atoms with Gasteiger partial charge in [0.05, 0.1) is 0 Å². The Bertz CT molecular complexity index is 338. The molecule has 3 heteroatoms. The molecule has 1 fully saturated rings. The molecule has 0 aliphatic carbocycles. The van der Waals surface area contributed by atoms with E-state index in [1.165, 1.54) is 17.5 Å². The van der Waals surface area contributed by atoms with Gasteiger partial charge in [-0.3, -0.25) is 9.88 Å². The molecule has 1 aromatic rings. The number of pyridine rings is 1. The SMILES string of the molecule is CCC1CNCCN1Cc1cncc(C)c1. The van der Waals surface area contributed by atoms with Gasteiger partial charge < -0.3 is 5.32 Å². The van der Waals surface area contributed by atoms with Crippen LogP contribution in [0, 0.1) is 6.92 Å². The quantitative estimate of drug-likeness (QED) is 0.836. The summed E-state index contributed by atoms with van der Waals surface area (Å²) in [7, 11) is 0. The Labute approximate surface area is 97.9 Å². The van der Waals surface area contributed by atoms with Gasteiger partial charge in [-0.1, -0.05) is 13.0 Å². The highest BCUT2D eigenvalue weighted by Crippen LogP contribution is 2.12. The maximum Gasteiger partial charge on any atom is 0.0313 e. The molecule has 88 valence electrons. The van der Waals surface area contributed by atoms with Crippen LogP contribution < -0.4 is 5.32 Å². The van der Waals surface area contributed by atoms with Crippen molar-refractivity contribution in [2.24, 2.45) is 0 Å². The molecule has 1 saturated heterocycles. The molecule has 2 heterocycles. The molecule has 0 amide bonds. The Morgan fingerprint density at radius 1 is 1.50 bits per heavy atom. The second-order valence-corrected chi connectivity index (χ2v) is 4.61. The van der Waals surface area contributed by atoms with E-state index in [1.807, 2.05) is 12.4 Å². The molecule has 2 rings (SSSR count). The molecule has 1 atom stereocenters. The van der Waals surface area contributed by atoms with Crippen molar-refractivity contribution in [3.05, 3.63) is 29.6 Å². The monoisotopic (exact) mass is 219 g/mol. The van der Waals surface area contributed by atoms with Crippen molar-refractivity contribution in [1.29, 1.82) is 0 Å². The lowest BCUT2D eigenvalue weighted by Gasteiger charge is -2.35. The second-order valence-electron chi connectivity index (χ2n) is 4.61. The van der Waals surface area contributed by atoms with Crippen LogP contribution in [0.3, 0.4) is 0 Å². The molecule has 3 nitrogen and oxygen atoms in total. The highest BCUT2D eigenvalue weighted by atomic mass is 15.2. The van der Waals surface area contributed by atoms with E-state index in [0.29, 0.717) is 6.04 Å². The molecule has 1 aliphatic rings. The molecule has 1 N–H and O–H groups in total. The Hall–Kier alpha value is -0.930. The summed E-state index contributed by atoms with van der Waals surface area (Å²) in [5.74, 6) is 0. The van der Waals surface area contributed by atoms with Gasteiger partial charge >= 0.3 is 0 Å². The first kappa shape index (κ1) is 11.6. The van der Waals surface area contributed by atoms with Gasteiger partial charge in [0.25, 0.3) is 0 Å². The van der Waals surface area contributed by atoms with Crippen LogP contribution in [0.15, 0.2) is 18.5 Å². The lowest BCUT2D eigenvalue weighted by molar-refractivity contribution is 0.149. The summed E-state index contributed by atoms with van der Waals surface area (Å²) in [6.45, 7) is 8.78. The Morgan fingerprint density at radius 3 is 3.12 bits per heavy atom. The number of nitrogens with one attached hydrogen (secondary N) is 1. The van der Waals surface area contributed by atoms with Gasteiger partial charge in [-0.05, 0) is 24.5 Å². The van der Waals surface area contributed by atoms with Crippen LogP contribution in [0.4, 0.5) is 0 Å². The van der Waals surface area contributed by atoms with Gasteiger partial charge in [-0.15, -0.1) is 0 Å². The smallest absolute Gasteiger partial charge is 0.0313 e. The van der Waals surface area contributed by atoms with Crippen LogP contribution in [0.2, 0.25) is 0 Å². The summed E-state index contributed by atoms with van der Waals surface area (Å²) in [6.07, 6.45) is 5.12. The predicted molar refractivity (Wildman–Crippen MR) is 66.3 cm³/mol. The highest BCUT2D eigenvalue weighted by Gasteiger charge is 2.20. The zero-order valence-electron chi connectivity index (χ0n) is 10.2. The number of aryl methyl sites for hydroxylation is 1. The van der Waals surface area contributed by atoms with E-state index >= 15 is 0 Å². The summed E-state index contributed by atoms with van der Waals surface area (Å²) in [4.78, 5) is 6.82. The lowest BCUT2D eigenvalue weighted by atomic mass is 10.1. The summed E-state index contributed by atoms with van der Waals surface area (Å²) < 4.78 is 0. The van der Waals surface area contributed by atoms with E-state index in [2.05, 4.69) is 35.1 Å². The average molecular weight is 219 g/mol. The first-order valence-corrected chi connectivity index (χ1v) is 6.15. The molecule has 0 spiro atoms. The van der Waals surface area contributed by atoms with Gasteiger partial charge in [0.1, 0.15) is 0 Å². The van der Waals surface area contributed by atoms with E-state index in [0.717, 1.165) is 26.2 Å². The summed E-state index contributed by atoms with van der Waals surface area (Å²) >= 11 is 0. The lowest BCUT2D eigenvalue weighted by Crippen LogP contribution is -2.50. The van der Waals surface area contributed by atoms with Gasteiger partial charge in [0.2, 0.25) is 0 Å². The molecular formula is C13H21N3. The minimum atomic E-state index is 0.675. The van der Waals surface area contributed by atoms with E-state index in [9.17, 15) is 0 Å². The van der Waals surface area contributed by atoms with Gasteiger partial charge in [0.15, 0.2) is 0 Å². The normalized spacial score (nSPS) is 22.2. The Balaban J connectivity index is 2.02. The van der Waals surface area contributed by atoms with Gasteiger partial charge in [-0.2, -0.15) is 0 Å². The minimum Gasteiger partial charge on any atom is -0.314 e. The van der Waals surface area contributed by atoms with Crippen molar-refractivity contribution in [2.45, 2.75) is 32.9 Å². The average Bonchev–Trinajstić information content (AvgIpc) is 2.30. The first-order chi connectivity index (χ1) is 7.79. The molecule has 16 heavy (non-hydrogen) atoms. The van der Waals surface area contributed by atoms with Gasteiger partial charge in [-0.25, -0.2) is 0 Å². The number of nitrogens with zero attached hydrogens (tertiary/aromatic N) is 2. The molecule has 0 radical (unpaired) electrons. The number of hydrogen-bond acceptors (Lipinski definition) is 3. The van der Waals surface area contributed by atoms with Crippen molar-refractivity contribution in [3.63, 3.8) is 0 Å². The fourth-order valence-electron chi connectivity index (χ4n) is 2.35. The van der Waals surface area contributed by atoms with Crippen molar-refractivity contribution in [1.82, 2.24) is 15.2 Å². The zero-order chi connectivity index (χ0) is 11.4. The maximum atomic E-state index is 4.26. The van der Waals surface area contributed by atoms with Crippen LogP contribution >= 0.6 is 0 Å². The van der Waals surface area contributed by atoms with E-state index in [4.69, 9.17) is 0 Å². The first-order valence-electron chi connectivity index (χ1n) is 6.15. The van der Waals surface area contributed by atoms with Crippen LogP contribution in [-0.4, -0.2) is 35.6 Å². The van der Waals surface area contributed by atoms with Crippen molar-refractivity contribution >= 4 is 0 Å². The third-order valence-corrected chi connectivity index (χ3v) is 3.26. The molecule has 1 aliphatic heterocycles. The molecule has 0 bridgehead atoms. The van der Waals surface area contributed by atoms with Crippen LogP contribution in [0.1, 0.15) is 24.5 Å². The standard InChI is InChI=1S/C13H21N3/c1-3-13-9-14-4-5-16(13)10-12-6-11(2)7-15-8-12/h6-8,13-14H,3-5,9-10H2,1-2H3. The number of aromatic nitrogens is 1. The molecular weight excluding hydrogens is 198 g/mol. The Morgan fingerprint density at radius 2 is 2.38 bits per heavy atom. The summed E-state index contributed by atoms with van der Waals surface area (Å²) in [6, 6.07) is 2.91. The zero-order valence-corrected chi connectivity index (χ0v) is 10.2. The second kappa shape index (κ2) is 5.41. The van der Waals surface area contributed by atoms with Crippen LogP contribution in [0.5, 0.6) is 0 Å². The predicted octanol–water partition coefficient (Wildman–Crippen LogP) is 1.57. The topological polar surface area (TPSA) is 28.2 Å². The molecule has 0 aromatic carbocycles. The largest absolute Gasteiger partial charge is 0.314 e. The number of hydrogen-bond donors (Lipinski definition) is 1. The molecule has 1 unspecified atom stereocenters. The number of piperazine rings is 1. The van der Waals surface area contributed by atoms with Crippen molar-refractivity contribution in [2.75, 3.05) is 19.6 Å². The van der Waals surface area contributed by atoms with E-state index in [-0.39, 0.29) is 0 Å². The third-order valence-electron chi connectivity index (χ3n) is 3.26. The fraction of sp³-hybridized carbons (Fsp3) is 0.615. The molecule has 0 saturated carbocycles. The van der Waals surface area contributed by atoms with Crippen LogP contribution in [-0.2, 0) is 6.54 Å². The van der Waals surface area contributed by atoms with Crippen molar-refractivity contribution < 1.29 is 0 Å². The summed E-state index contributed by atoms with van der Waals surface area (Å²) in [5, 5.41) is 3.46. The minimum absolute atomic E-state index is 0.675. The summed E-state index contributed by atoms with van der Waals surface area (Å²) in [5.41, 5.74) is 2.58. The third kappa shape index (κ3) is 2.80.